The molecule has 0 aliphatic heterocycles. The van der Waals surface area contributed by atoms with Crippen LogP contribution in [0.4, 0.5) is 5.69 Å². The molecule has 8 heteroatoms. The van der Waals surface area contributed by atoms with Crippen molar-refractivity contribution in [3.05, 3.63) is 34.7 Å². The number of amides is 1. The molecule has 3 aromatic rings. The number of H-pyrrole nitrogens is 2. The van der Waals surface area contributed by atoms with Gasteiger partial charge in [0.25, 0.3) is 0 Å². The van der Waals surface area contributed by atoms with E-state index in [1.54, 1.807) is 24.7 Å². The zero-order chi connectivity index (χ0) is 15.0. The minimum absolute atomic E-state index is 0.304. The standard InChI is InChI=1S/C13H10Cl2N4O2/c14-8-1-9(19-10(21)5-20)11-7(6-2-17-18-3-6)4-16-13(11)12(8)15/h1-4,16,20H,5H2,(H,17,18)(H,19,21). The van der Waals surface area contributed by atoms with Crippen molar-refractivity contribution in [2.45, 2.75) is 0 Å². The van der Waals surface area contributed by atoms with Crippen LogP contribution < -0.4 is 5.32 Å². The monoisotopic (exact) mass is 324 g/mol. The number of hydrogen-bond donors (Lipinski definition) is 4. The van der Waals surface area contributed by atoms with Crippen molar-refractivity contribution >= 4 is 45.7 Å². The first kappa shape index (κ1) is 13.9. The molecule has 0 saturated heterocycles. The number of nitrogens with one attached hydrogen (secondary N) is 3. The number of halogens is 2. The van der Waals surface area contributed by atoms with Gasteiger partial charge in [-0.2, -0.15) is 5.10 Å². The van der Waals surface area contributed by atoms with Crippen molar-refractivity contribution in [1.29, 1.82) is 0 Å². The number of nitrogens with zero attached hydrogens (tertiary/aromatic N) is 1. The van der Waals surface area contributed by atoms with Crippen molar-refractivity contribution in [3.63, 3.8) is 0 Å². The van der Waals surface area contributed by atoms with Crippen LogP contribution >= 0.6 is 23.2 Å². The van der Waals surface area contributed by atoms with E-state index in [1.165, 1.54) is 0 Å². The lowest BCUT2D eigenvalue weighted by Gasteiger charge is -2.09. The number of aromatic nitrogens is 3. The lowest BCUT2D eigenvalue weighted by molar-refractivity contribution is -0.118. The van der Waals surface area contributed by atoms with Crippen LogP contribution in [0.1, 0.15) is 0 Å². The van der Waals surface area contributed by atoms with Gasteiger partial charge in [-0.15, -0.1) is 0 Å². The van der Waals surface area contributed by atoms with E-state index >= 15 is 0 Å². The molecule has 0 radical (unpaired) electrons. The average Bonchev–Trinajstić information content (AvgIpc) is 3.12. The van der Waals surface area contributed by atoms with Gasteiger partial charge < -0.3 is 15.4 Å². The Morgan fingerprint density at radius 3 is 2.86 bits per heavy atom. The number of benzene rings is 1. The molecule has 21 heavy (non-hydrogen) atoms. The third kappa shape index (κ3) is 2.37. The molecular weight excluding hydrogens is 315 g/mol. The normalized spacial score (nSPS) is 11.0. The molecule has 0 unspecified atom stereocenters. The molecule has 0 atom stereocenters. The first-order valence-corrected chi connectivity index (χ1v) is 6.76. The zero-order valence-electron chi connectivity index (χ0n) is 10.6. The van der Waals surface area contributed by atoms with Gasteiger partial charge in [-0.3, -0.25) is 9.89 Å². The SMILES string of the molecule is O=C(CO)Nc1cc(Cl)c(Cl)c2[nH]cc(-c3cn[nH]c3)c12. The van der Waals surface area contributed by atoms with Crippen molar-refractivity contribution < 1.29 is 9.90 Å². The maximum Gasteiger partial charge on any atom is 0.250 e. The lowest BCUT2D eigenvalue weighted by Crippen LogP contribution is -2.15. The lowest BCUT2D eigenvalue weighted by atomic mass is 10.1. The smallest absolute Gasteiger partial charge is 0.250 e. The van der Waals surface area contributed by atoms with Gasteiger partial charge in [-0.25, -0.2) is 0 Å². The fourth-order valence-corrected chi connectivity index (χ4v) is 2.58. The minimum Gasteiger partial charge on any atom is -0.387 e. The highest BCUT2D eigenvalue weighted by Gasteiger charge is 2.17. The summed E-state index contributed by atoms with van der Waals surface area (Å²) in [6.07, 6.45) is 5.14. The largest absolute Gasteiger partial charge is 0.387 e. The molecule has 1 amide bonds. The van der Waals surface area contributed by atoms with E-state index in [9.17, 15) is 4.79 Å². The fourth-order valence-electron chi connectivity index (χ4n) is 2.17. The Bertz CT molecular complexity index is 811. The number of fused-ring (bicyclic) bond motifs is 1. The van der Waals surface area contributed by atoms with Gasteiger partial charge in [0.15, 0.2) is 0 Å². The van der Waals surface area contributed by atoms with Crippen LogP contribution in [0.15, 0.2) is 24.7 Å². The predicted octanol–water partition coefficient (Wildman–Crippen LogP) is 2.80. The predicted molar refractivity (Wildman–Crippen MR) is 81.6 cm³/mol. The number of rotatable bonds is 3. The second-order valence-electron chi connectivity index (χ2n) is 4.37. The third-order valence-corrected chi connectivity index (χ3v) is 3.86. The summed E-state index contributed by atoms with van der Waals surface area (Å²) in [4.78, 5) is 14.5. The minimum atomic E-state index is -0.618. The van der Waals surface area contributed by atoms with Crippen molar-refractivity contribution in [3.8, 4) is 11.1 Å². The molecule has 2 aromatic heterocycles. The van der Waals surface area contributed by atoms with Crippen LogP contribution in [0.3, 0.4) is 0 Å². The molecule has 3 rings (SSSR count). The Morgan fingerprint density at radius 1 is 1.38 bits per heavy atom. The molecule has 108 valence electrons. The van der Waals surface area contributed by atoms with Crippen LogP contribution in [0.2, 0.25) is 10.0 Å². The summed E-state index contributed by atoms with van der Waals surface area (Å²) in [5, 5.41) is 19.5. The van der Waals surface area contributed by atoms with E-state index in [1.807, 2.05) is 0 Å². The van der Waals surface area contributed by atoms with Crippen LogP contribution in [0, 0.1) is 0 Å². The Labute approximate surface area is 129 Å². The van der Waals surface area contributed by atoms with Gasteiger partial charge in [0, 0.05) is 28.9 Å². The first-order valence-electron chi connectivity index (χ1n) is 6.00. The van der Waals surface area contributed by atoms with Crippen LogP contribution in [0.5, 0.6) is 0 Å². The van der Waals surface area contributed by atoms with Gasteiger partial charge in [0.2, 0.25) is 5.91 Å². The number of hydrogen-bond acceptors (Lipinski definition) is 3. The van der Waals surface area contributed by atoms with E-state index in [2.05, 4.69) is 20.5 Å². The fraction of sp³-hybridized carbons (Fsp3) is 0.0769. The molecule has 0 fully saturated rings. The van der Waals surface area contributed by atoms with Crippen molar-refractivity contribution in [2.24, 2.45) is 0 Å². The Kier molecular flexibility index (Phi) is 3.59. The van der Waals surface area contributed by atoms with Crippen LogP contribution in [-0.4, -0.2) is 32.8 Å². The summed E-state index contributed by atoms with van der Waals surface area (Å²) in [7, 11) is 0. The number of anilines is 1. The second kappa shape index (κ2) is 5.40. The average molecular weight is 325 g/mol. The maximum absolute atomic E-state index is 11.5. The van der Waals surface area contributed by atoms with Gasteiger partial charge in [-0.1, -0.05) is 23.2 Å². The van der Waals surface area contributed by atoms with Crippen molar-refractivity contribution in [1.82, 2.24) is 15.2 Å². The van der Waals surface area contributed by atoms with E-state index in [0.717, 1.165) is 11.1 Å². The highest BCUT2D eigenvalue weighted by atomic mass is 35.5. The Hall–Kier alpha value is -2.02. The molecule has 2 heterocycles. The highest BCUT2D eigenvalue weighted by molar-refractivity contribution is 6.46. The number of aliphatic hydroxyl groups excluding tert-OH is 1. The Balaban J connectivity index is 2.27. The molecule has 0 spiro atoms. The molecule has 4 N–H and O–H groups in total. The summed E-state index contributed by atoms with van der Waals surface area (Å²) in [5.74, 6) is -0.533. The number of aromatic amines is 2. The summed E-state index contributed by atoms with van der Waals surface area (Å²) >= 11 is 12.3. The van der Waals surface area contributed by atoms with E-state index in [4.69, 9.17) is 28.3 Å². The van der Waals surface area contributed by atoms with Crippen LogP contribution in [-0.2, 0) is 4.79 Å². The zero-order valence-corrected chi connectivity index (χ0v) is 12.1. The van der Waals surface area contributed by atoms with Crippen molar-refractivity contribution in [2.75, 3.05) is 11.9 Å². The first-order chi connectivity index (χ1) is 10.1. The molecule has 1 aromatic carbocycles. The van der Waals surface area contributed by atoms with Gasteiger partial charge >= 0.3 is 0 Å². The quantitative estimate of drug-likeness (QED) is 0.596. The van der Waals surface area contributed by atoms with E-state index in [0.29, 0.717) is 26.6 Å². The van der Waals surface area contributed by atoms with E-state index < -0.39 is 12.5 Å². The number of carbonyl (C=O) groups is 1. The summed E-state index contributed by atoms with van der Waals surface area (Å²) in [6.45, 7) is -0.618. The van der Waals surface area contributed by atoms with E-state index in [-0.39, 0.29) is 0 Å². The summed E-state index contributed by atoms with van der Waals surface area (Å²) in [6, 6.07) is 1.55. The summed E-state index contributed by atoms with van der Waals surface area (Å²) < 4.78 is 0. The summed E-state index contributed by atoms with van der Waals surface area (Å²) in [5.41, 5.74) is 2.72. The number of carbonyl (C=O) groups excluding carboxylic acids is 1. The second-order valence-corrected chi connectivity index (χ2v) is 5.15. The highest BCUT2D eigenvalue weighted by Crippen LogP contribution is 2.40. The third-order valence-electron chi connectivity index (χ3n) is 3.08. The maximum atomic E-state index is 11.5. The topological polar surface area (TPSA) is 93.8 Å². The molecule has 0 bridgehead atoms. The molecule has 0 saturated carbocycles. The number of aliphatic hydroxyl groups is 1. The molecule has 0 aliphatic carbocycles. The van der Waals surface area contributed by atoms with Gasteiger partial charge in [0.05, 0.1) is 27.4 Å². The molecule has 0 aliphatic rings. The Morgan fingerprint density at radius 2 is 2.19 bits per heavy atom. The molecule has 6 nitrogen and oxygen atoms in total. The molecular formula is C13H10Cl2N4O2. The van der Waals surface area contributed by atoms with Gasteiger partial charge in [-0.05, 0) is 6.07 Å². The van der Waals surface area contributed by atoms with Crippen LogP contribution in [0.25, 0.3) is 22.0 Å². The van der Waals surface area contributed by atoms with Gasteiger partial charge in [0.1, 0.15) is 6.61 Å².